The van der Waals surface area contributed by atoms with Crippen LogP contribution in [0.3, 0.4) is 0 Å². The second kappa shape index (κ2) is 7.68. The van der Waals surface area contributed by atoms with Gasteiger partial charge in [-0.3, -0.25) is 0 Å². The number of rotatable bonds is 8. The SMILES string of the molecule is CCC(NCCCCC(C)C)c1ccc2c(c1)CCO2. The van der Waals surface area contributed by atoms with Gasteiger partial charge in [0, 0.05) is 12.5 Å². The fourth-order valence-electron chi connectivity index (χ4n) is 2.88. The van der Waals surface area contributed by atoms with Gasteiger partial charge in [-0.25, -0.2) is 0 Å². The third-order valence-corrected chi connectivity index (χ3v) is 4.12. The maximum absolute atomic E-state index is 5.58. The summed E-state index contributed by atoms with van der Waals surface area (Å²) in [6, 6.07) is 7.18. The quantitative estimate of drug-likeness (QED) is 0.706. The van der Waals surface area contributed by atoms with Gasteiger partial charge in [0.25, 0.3) is 0 Å². The molecule has 1 aromatic carbocycles. The third kappa shape index (κ3) is 4.24. The van der Waals surface area contributed by atoms with E-state index in [2.05, 4.69) is 44.3 Å². The van der Waals surface area contributed by atoms with Crippen LogP contribution >= 0.6 is 0 Å². The molecule has 1 unspecified atom stereocenters. The van der Waals surface area contributed by atoms with E-state index in [1.54, 1.807) is 0 Å². The number of hydrogen-bond acceptors (Lipinski definition) is 2. The van der Waals surface area contributed by atoms with Gasteiger partial charge in [0.05, 0.1) is 6.61 Å². The summed E-state index contributed by atoms with van der Waals surface area (Å²) in [7, 11) is 0. The first-order valence-electron chi connectivity index (χ1n) is 8.19. The monoisotopic (exact) mass is 275 g/mol. The van der Waals surface area contributed by atoms with E-state index in [0.717, 1.165) is 37.7 Å². The molecule has 0 fully saturated rings. The Morgan fingerprint density at radius 3 is 2.85 bits per heavy atom. The number of nitrogens with one attached hydrogen (secondary N) is 1. The first-order valence-corrected chi connectivity index (χ1v) is 8.19. The van der Waals surface area contributed by atoms with Gasteiger partial charge >= 0.3 is 0 Å². The van der Waals surface area contributed by atoms with Crippen molar-refractivity contribution in [1.29, 1.82) is 0 Å². The van der Waals surface area contributed by atoms with Crippen LogP contribution < -0.4 is 10.1 Å². The molecular weight excluding hydrogens is 246 g/mol. The summed E-state index contributed by atoms with van der Waals surface area (Å²) in [4.78, 5) is 0. The van der Waals surface area contributed by atoms with Gasteiger partial charge in [-0.15, -0.1) is 0 Å². The molecular formula is C18H29NO. The molecule has 0 amide bonds. The highest BCUT2D eigenvalue weighted by molar-refractivity contribution is 5.40. The van der Waals surface area contributed by atoms with Gasteiger partial charge in [0.2, 0.25) is 0 Å². The first-order chi connectivity index (χ1) is 9.70. The van der Waals surface area contributed by atoms with E-state index in [0.29, 0.717) is 6.04 Å². The van der Waals surface area contributed by atoms with Crippen molar-refractivity contribution in [2.45, 2.75) is 58.9 Å². The van der Waals surface area contributed by atoms with Gasteiger partial charge in [-0.05, 0) is 42.5 Å². The van der Waals surface area contributed by atoms with Crippen molar-refractivity contribution in [2.75, 3.05) is 13.2 Å². The van der Waals surface area contributed by atoms with E-state index in [9.17, 15) is 0 Å². The van der Waals surface area contributed by atoms with E-state index in [-0.39, 0.29) is 0 Å². The maximum atomic E-state index is 5.58. The summed E-state index contributed by atoms with van der Waals surface area (Å²) < 4.78 is 5.58. The van der Waals surface area contributed by atoms with E-state index >= 15 is 0 Å². The summed E-state index contributed by atoms with van der Waals surface area (Å²) in [5, 5.41) is 3.71. The average Bonchev–Trinajstić information content (AvgIpc) is 2.89. The van der Waals surface area contributed by atoms with Crippen LogP contribution in [0.1, 0.15) is 63.6 Å². The van der Waals surface area contributed by atoms with Crippen LogP contribution in [0.2, 0.25) is 0 Å². The Balaban J connectivity index is 1.82. The number of unbranched alkanes of at least 4 members (excludes halogenated alkanes) is 1. The van der Waals surface area contributed by atoms with E-state index in [4.69, 9.17) is 4.74 Å². The van der Waals surface area contributed by atoms with E-state index in [1.165, 1.54) is 30.4 Å². The predicted octanol–water partition coefficient (Wildman–Crippen LogP) is 4.49. The molecule has 1 aliphatic heterocycles. The molecule has 1 heterocycles. The first kappa shape index (κ1) is 15.4. The third-order valence-electron chi connectivity index (χ3n) is 4.12. The lowest BCUT2D eigenvalue weighted by Gasteiger charge is -2.18. The molecule has 2 nitrogen and oxygen atoms in total. The maximum Gasteiger partial charge on any atom is 0.122 e. The number of fused-ring (bicyclic) bond motifs is 1. The zero-order valence-electron chi connectivity index (χ0n) is 13.2. The van der Waals surface area contributed by atoms with Crippen LogP contribution in [0, 0.1) is 5.92 Å². The normalized spacial score (nSPS) is 15.2. The van der Waals surface area contributed by atoms with Gasteiger partial charge in [-0.1, -0.05) is 45.7 Å². The molecule has 0 saturated carbocycles. The molecule has 1 N–H and O–H groups in total. The zero-order valence-corrected chi connectivity index (χ0v) is 13.2. The van der Waals surface area contributed by atoms with Gasteiger partial charge in [0.15, 0.2) is 0 Å². The van der Waals surface area contributed by atoms with Crippen molar-refractivity contribution in [3.8, 4) is 5.75 Å². The fraction of sp³-hybridized carbons (Fsp3) is 0.667. The largest absolute Gasteiger partial charge is 0.493 e. The van der Waals surface area contributed by atoms with Crippen LogP contribution in [-0.4, -0.2) is 13.2 Å². The Labute approximate surface area is 123 Å². The Bertz CT molecular complexity index is 414. The second-order valence-corrected chi connectivity index (χ2v) is 6.27. The molecule has 0 saturated heterocycles. The van der Waals surface area contributed by atoms with Crippen molar-refractivity contribution < 1.29 is 4.74 Å². The molecule has 2 heteroatoms. The van der Waals surface area contributed by atoms with Crippen molar-refractivity contribution in [3.63, 3.8) is 0 Å². The van der Waals surface area contributed by atoms with Crippen molar-refractivity contribution >= 4 is 0 Å². The number of benzene rings is 1. The van der Waals surface area contributed by atoms with E-state index < -0.39 is 0 Å². The fourth-order valence-corrected chi connectivity index (χ4v) is 2.88. The lowest BCUT2D eigenvalue weighted by Crippen LogP contribution is -2.22. The van der Waals surface area contributed by atoms with Crippen LogP contribution in [0.25, 0.3) is 0 Å². The Morgan fingerprint density at radius 2 is 2.10 bits per heavy atom. The number of hydrogen-bond donors (Lipinski definition) is 1. The summed E-state index contributed by atoms with van der Waals surface area (Å²) in [6.07, 6.45) is 6.16. The molecule has 0 spiro atoms. The van der Waals surface area contributed by atoms with Gasteiger partial charge < -0.3 is 10.1 Å². The highest BCUT2D eigenvalue weighted by Gasteiger charge is 2.15. The molecule has 0 bridgehead atoms. The highest BCUT2D eigenvalue weighted by atomic mass is 16.5. The van der Waals surface area contributed by atoms with Crippen LogP contribution in [0.4, 0.5) is 0 Å². The van der Waals surface area contributed by atoms with E-state index in [1.807, 2.05) is 0 Å². The Morgan fingerprint density at radius 1 is 1.25 bits per heavy atom. The summed E-state index contributed by atoms with van der Waals surface area (Å²) in [5.74, 6) is 1.91. The second-order valence-electron chi connectivity index (χ2n) is 6.27. The Kier molecular flexibility index (Phi) is 5.90. The predicted molar refractivity (Wildman–Crippen MR) is 85.4 cm³/mol. The Hall–Kier alpha value is -1.02. The molecule has 1 atom stereocenters. The van der Waals surface area contributed by atoms with Crippen LogP contribution in [0.5, 0.6) is 5.75 Å². The minimum Gasteiger partial charge on any atom is -0.493 e. The van der Waals surface area contributed by atoms with Crippen LogP contribution in [-0.2, 0) is 6.42 Å². The lowest BCUT2D eigenvalue weighted by molar-refractivity contribution is 0.356. The summed E-state index contributed by atoms with van der Waals surface area (Å²) >= 11 is 0. The smallest absolute Gasteiger partial charge is 0.122 e. The van der Waals surface area contributed by atoms with Crippen molar-refractivity contribution in [2.24, 2.45) is 5.92 Å². The summed E-state index contributed by atoms with van der Waals surface area (Å²) in [5.41, 5.74) is 2.79. The zero-order chi connectivity index (χ0) is 14.4. The van der Waals surface area contributed by atoms with Gasteiger partial charge in [-0.2, -0.15) is 0 Å². The molecule has 112 valence electrons. The van der Waals surface area contributed by atoms with Crippen molar-refractivity contribution in [3.05, 3.63) is 29.3 Å². The average molecular weight is 275 g/mol. The topological polar surface area (TPSA) is 21.3 Å². The van der Waals surface area contributed by atoms with Crippen molar-refractivity contribution in [1.82, 2.24) is 5.32 Å². The van der Waals surface area contributed by atoms with Crippen LogP contribution in [0.15, 0.2) is 18.2 Å². The molecule has 1 aromatic rings. The molecule has 0 aromatic heterocycles. The molecule has 20 heavy (non-hydrogen) atoms. The molecule has 0 radical (unpaired) electrons. The highest BCUT2D eigenvalue weighted by Crippen LogP contribution is 2.29. The lowest BCUT2D eigenvalue weighted by atomic mass is 10.0. The summed E-state index contributed by atoms with van der Waals surface area (Å²) in [6.45, 7) is 8.83. The molecule has 1 aliphatic rings. The number of ether oxygens (including phenoxy) is 1. The molecule has 2 rings (SSSR count). The van der Waals surface area contributed by atoms with Gasteiger partial charge in [0.1, 0.15) is 5.75 Å². The minimum atomic E-state index is 0.486. The molecule has 0 aliphatic carbocycles. The minimum absolute atomic E-state index is 0.486. The standard InChI is InChI=1S/C18H29NO/c1-4-17(19-11-6-5-7-14(2)3)15-8-9-18-16(13-15)10-12-20-18/h8-9,13-14,17,19H,4-7,10-12H2,1-3H3.